The number of aromatic nitrogens is 1. The zero-order chi connectivity index (χ0) is 21.8. The van der Waals surface area contributed by atoms with Gasteiger partial charge in [-0.25, -0.2) is 8.42 Å². The minimum atomic E-state index is -3.86. The van der Waals surface area contributed by atoms with Crippen molar-refractivity contribution in [3.63, 3.8) is 0 Å². The third kappa shape index (κ3) is 4.84. The number of sulfonamides is 1. The lowest BCUT2D eigenvalue weighted by Crippen LogP contribution is -2.30. The molecule has 0 saturated heterocycles. The average Bonchev–Trinajstić information content (AvgIpc) is 3.22. The Balaban J connectivity index is 1.67. The first-order valence-corrected chi connectivity index (χ1v) is 10.9. The smallest absolute Gasteiger partial charge is 0.307 e. The van der Waals surface area contributed by atoms with E-state index in [1.807, 2.05) is 0 Å². The molecule has 31 heavy (non-hydrogen) atoms. The Kier molecular flexibility index (Phi) is 5.88. The first-order valence-electron chi connectivity index (χ1n) is 9.50. The quantitative estimate of drug-likeness (QED) is 0.574. The van der Waals surface area contributed by atoms with E-state index in [1.54, 1.807) is 48.5 Å². The molecule has 2 heterocycles. The fourth-order valence-corrected chi connectivity index (χ4v) is 4.71. The van der Waals surface area contributed by atoms with Gasteiger partial charge in [0, 0.05) is 25.5 Å². The highest BCUT2D eigenvalue weighted by Crippen LogP contribution is 2.33. The van der Waals surface area contributed by atoms with Crippen molar-refractivity contribution in [2.45, 2.75) is 24.4 Å². The molecule has 9 heteroatoms. The molecule has 0 bridgehead atoms. The summed E-state index contributed by atoms with van der Waals surface area (Å²) in [7, 11) is -3.86. The lowest BCUT2D eigenvalue weighted by atomic mass is 10.1. The first-order chi connectivity index (χ1) is 14.9. The highest BCUT2D eigenvalue weighted by atomic mass is 32.2. The Morgan fingerprint density at radius 1 is 0.968 bits per heavy atom. The summed E-state index contributed by atoms with van der Waals surface area (Å²) in [6.07, 6.45) is 2.69. The summed E-state index contributed by atoms with van der Waals surface area (Å²) in [6, 6.07) is 15.3. The van der Waals surface area contributed by atoms with E-state index in [4.69, 9.17) is 14.6 Å². The van der Waals surface area contributed by atoms with E-state index < -0.39 is 16.0 Å². The maximum absolute atomic E-state index is 13.4. The van der Waals surface area contributed by atoms with Crippen LogP contribution in [0.3, 0.4) is 0 Å². The first kappa shape index (κ1) is 20.8. The molecule has 1 aromatic heterocycles. The van der Waals surface area contributed by atoms with Crippen LogP contribution in [0.1, 0.15) is 16.7 Å². The number of pyridine rings is 1. The molecule has 0 amide bonds. The van der Waals surface area contributed by atoms with Crippen LogP contribution in [0.4, 0.5) is 0 Å². The second-order valence-electron chi connectivity index (χ2n) is 7.04. The van der Waals surface area contributed by atoms with Gasteiger partial charge >= 0.3 is 5.97 Å². The molecule has 4 rings (SSSR count). The minimum Gasteiger partial charge on any atom is -0.481 e. The van der Waals surface area contributed by atoms with E-state index in [1.165, 1.54) is 22.8 Å². The van der Waals surface area contributed by atoms with Crippen LogP contribution in [0, 0.1) is 0 Å². The number of hydrogen-bond donors (Lipinski definition) is 1. The number of ether oxygens (including phenoxy) is 2. The van der Waals surface area contributed by atoms with Crippen LogP contribution in [0.5, 0.6) is 11.5 Å². The maximum atomic E-state index is 13.4. The molecule has 0 fully saturated rings. The number of rotatable bonds is 8. The highest BCUT2D eigenvalue weighted by molar-refractivity contribution is 7.89. The van der Waals surface area contributed by atoms with Crippen molar-refractivity contribution in [2.24, 2.45) is 0 Å². The van der Waals surface area contributed by atoms with Crippen LogP contribution in [-0.4, -0.2) is 35.6 Å². The highest BCUT2D eigenvalue weighted by Gasteiger charge is 2.26. The van der Waals surface area contributed by atoms with Gasteiger partial charge in [0.2, 0.25) is 16.8 Å². The molecular formula is C22H20N2O6S. The second kappa shape index (κ2) is 8.75. The molecule has 0 radical (unpaired) electrons. The van der Waals surface area contributed by atoms with Crippen LogP contribution < -0.4 is 9.47 Å². The van der Waals surface area contributed by atoms with Gasteiger partial charge in [0.1, 0.15) is 4.90 Å². The van der Waals surface area contributed by atoms with Crippen molar-refractivity contribution in [1.29, 1.82) is 0 Å². The van der Waals surface area contributed by atoms with Gasteiger partial charge in [-0.2, -0.15) is 4.31 Å². The van der Waals surface area contributed by atoms with Gasteiger partial charge in [0.05, 0.1) is 6.42 Å². The molecule has 2 aromatic carbocycles. The lowest BCUT2D eigenvalue weighted by Gasteiger charge is -2.23. The van der Waals surface area contributed by atoms with Crippen molar-refractivity contribution >= 4 is 16.0 Å². The Morgan fingerprint density at radius 3 is 2.45 bits per heavy atom. The summed E-state index contributed by atoms with van der Waals surface area (Å²) in [6.45, 7) is 0.295. The SMILES string of the molecule is O=C(O)Cc1cccc(CN(Cc2ccc3c(c2)OCO3)S(=O)(=O)c2cccnc2)c1. The normalized spacial score (nSPS) is 12.8. The predicted octanol–water partition coefficient (Wildman–Crippen LogP) is 2.83. The van der Waals surface area contributed by atoms with Crippen LogP contribution in [-0.2, 0) is 34.3 Å². The number of fused-ring (bicyclic) bond motifs is 1. The Hall–Kier alpha value is -3.43. The van der Waals surface area contributed by atoms with Gasteiger partial charge in [0.25, 0.3) is 0 Å². The average molecular weight is 440 g/mol. The molecule has 0 saturated carbocycles. The predicted molar refractivity (Wildman–Crippen MR) is 111 cm³/mol. The van der Waals surface area contributed by atoms with Crippen molar-refractivity contribution in [3.8, 4) is 11.5 Å². The van der Waals surface area contributed by atoms with E-state index >= 15 is 0 Å². The summed E-state index contributed by atoms with van der Waals surface area (Å²) in [5.74, 6) is 0.240. The molecule has 1 aliphatic rings. The molecule has 1 aliphatic heterocycles. The second-order valence-corrected chi connectivity index (χ2v) is 8.98. The minimum absolute atomic E-state index is 0.0686. The maximum Gasteiger partial charge on any atom is 0.307 e. The standard InChI is InChI=1S/C22H20N2O6S/c25-22(26)11-16-3-1-4-17(9-16)13-24(31(27,28)19-5-2-8-23-12-19)14-18-6-7-20-21(10-18)30-15-29-20/h1-10,12H,11,13-15H2,(H,25,26). The van der Waals surface area contributed by atoms with Gasteiger partial charge in [-0.15, -0.1) is 0 Å². The fourth-order valence-electron chi connectivity index (χ4n) is 3.33. The van der Waals surface area contributed by atoms with Gasteiger partial charge in [0.15, 0.2) is 11.5 Å². The Labute approximate surface area is 179 Å². The van der Waals surface area contributed by atoms with Gasteiger partial charge in [-0.1, -0.05) is 30.3 Å². The summed E-state index contributed by atoms with van der Waals surface area (Å²) in [5, 5.41) is 9.05. The molecule has 1 N–H and O–H groups in total. The molecule has 0 aliphatic carbocycles. The third-order valence-corrected chi connectivity index (χ3v) is 6.55. The molecule has 0 atom stereocenters. The van der Waals surface area contributed by atoms with E-state index in [2.05, 4.69) is 4.98 Å². The van der Waals surface area contributed by atoms with Gasteiger partial charge in [-0.05, 0) is 41.0 Å². The summed E-state index contributed by atoms with van der Waals surface area (Å²) in [4.78, 5) is 15.1. The third-order valence-electron chi connectivity index (χ3n) is 4.77. The van der Waals surface area contributed by atoms with Crippen molar-refractivity contribution in [3.05, 3.63) is 83.7 Å². The Bertz CT molecular complexity index is 1200. The summed E-state index contributed by atoms with van der Waals surface area (Å²) < 4.78 is 38.8. The molecule has 0 spiro atoms. The van der Waals surface area contributed by atoms with Crippen LogP contribution in [0.2, 0.25) is 0 Å². The number of aliphatic carboxylic acids is 1. The number of carboxylic acid groups (broad SMARTS) is 1. The van der Waals surface area contributed by atoms with Crippen LogP contribution in [0.25, 0.3) is 0 Å². The fraction of sp³-hybridized carbons (Fsp3) is 0.182. The van der Waals surface area contributed by atoms with E-state index in [9.17, 15) is 13.2 Å². The molecular weight excluding hydrogens is 420 g/mol. The number of hydrogen-bond acceptors (Lipinski definition) is 6. The van der Waals surface area contributed by atoms with Crippen LogP contribution >= 0.6 is 0 Å². The van der Waals surface area contributed by atoms with Gasteiger partial charge < -0.3 is 14.6 Å². The number of carbonyl (C=O) groups is 1. The van der Waals surface area contributed by atoms with E-state index in [-0.39, 0.29) is 31.2 Å². The largest absolute Gasteiger partial charge is 0.481 e. The molecule has 0 unspecified atom stereocenters. The van der Waals surface area contributed by atoms with Crippen LogP contribution in [0.15, 0.2) is 71.9 Å². The molecule has 160 valence electrons. The van der Waals surface area contributed by atoms with Crippen molar-refractivity contribution in [2.75, 3.05) is 6.79 Å². The number of nitrogens with zero attached hydrogens (tertiary/aromatic N) is 2. The zero-order valence-corrected chi connectivity index (χ0v) is 17.3. The summed E-state index contributed by atoms with van der Waals surface area (Å²) in [5.41, 5.74) is 2.03. The van der Waals surface area contributed by atoms with E-state index in [0.717, 1.165) is 5.56 Å². The lowest BCUT2D eigenvalue weighted by molar-refractivity contribution is -0.136. The van der Waals surface area contributed by atoms with Crippen molar-refractivity contribution in [1.82, 2.24) is 9.29 Å². The van der Waals surface area contributed by atoms with Gasteiger partial charge in [-0.3, -0.25) is 9.78 Å². The molecule has 3 aromatic rings. The zero-order valence-electron chi connectivity index (χ0n) is 16.5. The number of carboxylic acids is 1. The molecule has 8 nitrogen and oxygen atoms in total. The van der Waals surface area contributed by atoms with Crippen molar-refractivity contribution < 1.29 is 27.8 Å². The number of benzene rings is 2. The topological polar surface area (TPSA) is 106 Å². The Morgan fingerprint density at radius 2 is 1.71 bits per heavy atom. The monoisotopic (exact) mass is 440 g/mol. The summed E-state index contributed by atoms with van der Waals surface area (Å²) >= 11 is 0. The van der Waals surface area contributed by atoms with E-state index in [0.29, 0.717) is 22.6 Å².